The minimum atomic E-state index is -0.190. The van der Waals surface area contributed by atoms with Crippen LogP contribution in [0.3, 0.4) is 0 Å². The number of nitrogens with zero attached hydrogens (tertiary/aromatic N) is 5. The van der Waals surface area contributed by atoms with Gasteiger partial charge in [-0.3, -0.25) is 14.5 Å². The van der Waals surface area contributed by atoms with E-state index in [-0.39, 0.29) is 6.10 Å². The summed E-state index contributed by atoms with van der Waals surface area (Å²) in [6, 6.07) is 0. The Morgan fingerprint density at radius 1 is 1.14 bits per heavy atom. The van der Waals surface area contributed by atoms with Crippen LogP contribution >= 0.6 is 0 Å². The number of aromatic amines is 1. The van der Waals surface area contributed by atoms with Gasteiger partial charge in [0.05, 0.1) is 36.6 Å². The molecule has 21 heavy (non-hydrogen) atoms. The van der Waals surface area contributed by atoms with E-state index < -0.39 is 0 Å². The maximum absolute atomic E-state index is 9.68. The normalized spacial score (nSPS) is 16.7. The molecule has 1 aliphatic heterocycles. The molecule has 0 spiro atoms. The molecule has 1 saturated heterocycles. The SMILES string of the molecule is OC1CCN(c2cncc3ncc(-c4cn[nH]c4)n23)CC1. The fraction of sp³-hybridized carbons (Fsp3) is 0.357. The Balaban J connectivity index is 1.83. The van der Waals surface area contributed by atoms with Crippen LogP contribution in [0.2, 0.25) is 0 Å². The van der Waals surface area contributed by atoms with Gasteiger partial charge in [0.25, 0.3) is 0 Å². The molecule has 0 aromatic carbocycles. The van der Waals surface area contributed by atoms with Crippen LogP contribution < -0.4 is 4.90 Å². The summed E-state index contributed by atoms with van der Waals surface area (Å²) < 4.78 is 2.09. The van der Waals surface area contributed by atoms with Gasteiger partial charge in [-0.05, 0) is 12.8 Å². The maximum atomic E-state index is 9.68. The van der Waals surface area contributed by atoms with Crippen molar-refractivity contribution in [3.05, 3.63) is 31.0 Å². The quantitative estimate of drug-likeness (QED) is 0.736. The third-order valence-electron chi connectivity index (χ3n) is 3.98. The number of imidazole rings is 1. The van der Waals surface area contributed by atoms with Crippen molar-refractivity contribution in [1.29, 1.82) is 0 Å². The minimum absolute atomic E-state index is 0.190. The summed E-state index contributed by atoms with van der Waals surface area (Å²) in [7, 11) is 0. The number of H-pyrrole nitrogens is 1. The number of aliphatic hydroxyl groups is 1. The molecule has 108 valence electrons. The highest BCUT2D eigenvalue weighted by molar-refractivity contribution is 5.65. The van der Waals surface area contributed by atoms with E-state index in [9.17, 15) is 5.11 Å². The first-order valence-electron chi connectivity index (χ1n) is 7.06. The molecule has 0 bridgehead atoms. The third-order valence-corrected chi connectivity index (χ3v) is 3.98. The lowest BCUT2D eigenvalue weighted by molar-refractivity contribution is 0.145. The first kappa shape index (κ1) is 12.3. The van der Waals surface area contributed by atoms with Gasteiger partial charge in [0.1, 0.15) is 5.82 Å². The number of anilines is 1. The van der Waals surface area contributed by atoms with Crippen LogP contribution in [-0.4, -0.2) is 48.9 Å². The average molecular weight is 284 g/mol. The Labute approximate surface area is 121 Å². The van der Waals surface area contributed by atoms with E-state index in [0.717, 1.165) is 48.7 Å². The number of piperidine rings is 1. The molecule has 0 amide bonds. The summed E-state index contributed by atoms with van der Waals surface area (Å²) in [5.41, 5.74) is 2.80. The lowest BCUT2D eigenvalue weighted by Crippen LogP contribution is -2.36. The van der Waals surface area contributed by atoms with Gasteiger partial charge in [0.15, 0.2) is 5.65 Å². The van der Waals surface area contributed by atoms with Gasteiger partial charge in [0, 0.05) is 24.8 Å². The second-order valence-corrected chi connectivity index (χ2v) is 5.31. The third kappa shape index (κ3) is 2.06. The number of aliphatic hydroxyl groups excluding tert-OH is 1. The van der Waals surface area contributed by atoms with Gasteiger partial charge >= 0.3 is 0 Å². The van der Waals surface area contributed by atoms with Gasteiger partial charge in [-0.25, -0.2) is 4.98 Å². The van der Waals surface area contributed by atoms with Crippen molar-refractivity contribution >= 4 is 11.5 Å². The highest BCUT2D eigenvalue weighted by atomic mass is 16.3. The fourth-order valence-electron chi connectivity index (χ4n) is 2.84. The Morgan fingerprint density at radius 3 is 2.76 bits per heavy atom. The van der Waals surface area contributed by atoms with Crippen molar-refractivity contribution in [1.82, 2.24) is 24.6 Å². The first-order chi connectivity index (χ1) is 10.3. The number of hydrogen-bond acceptors (Lipinski definition) is 5. The van der Waals surface area contributed by atoms with E-state index in [1.807, 2.05) is 18.6 Å². The topological polar surface area (TPSA) is 82.3 Å². The molecule has 7 nitrogen and oxygen atoms in total. The van der Waals surface area contributed by atoms with Crippen LogP contribution in [0.15, 0.2) is 31.0 Å². The van der Waals surface area contributed by atoms with E-state index >= 15 is 0 Å². The Kier molecular flexibility index (Phi) is 2.85. The molecule has 0 aliphatic carbocycles. The molecule has 1 fully saturated rings. The number of nitrogens with one attached hydrogen (secondary N) is 1. The van der Waals surface area contributed by atoms with Gasteiger partial charge in [-0.2, -0.15) is 5.10 Å². The van der Waals surface area contributed by atoms with Crippen LogP contribution in [0.25, 0.3) is 16.9 Å². The van der Waals surface area contributed by atoms with E-state index in [4.69, 9.17) is 0 Å². The molecule has 7 heteroatoms. The number of fused-ring (bicyclic) bond motifs is 1. The Morgan fingerprint density at radius 2 is 2.00 bits per heavy atom. The zero-order valence-electron chi connectivity index (χ0n) is 11.5. The maximum Gasteiger partial charge on any atom is 0.157 e. The summed E-state index contributed by atoms with van der Waals surface area (Å²) >= 11 is 0. The summed E-state index contributed by atoms with van der Waals surface area (Å²) in [6.45, 7) is 1.65. The molecule has 0 atom stereocenters. The van der Waals surface area contributed by atoms with Gasteiger partial charge in [0.2, 0.25) is 0 Å². The van der Waals surface area contributed by atoms with Crippen molar-refractivity contribution in [3.63, 3.8) is 0 Å². The molecule has 0 radical (unpaired) electrons. The summed E-state index contributed by atoms with van der Waals surface area (Å²) in [5, 5.41) is 16.5. The smallest absolute Gasteiger partial charge is 0.157 e. The Hall–Kier alpha value is -2.41. The molecule has 4 rings (SSSR count). The molecular formula is C14H16N6O. The molecule has 2 N–H and O–H groups in total. The second kappa shape index (κ2) is 4.85. The van der Waals surface area contributed by atoms with Crippen molar-refractivity contribution in [2.45, 2.75) is 18.9 Å². The van der Waals surface area contributed by atoms with E-state index in [1.54, 1.807) is 12.4 Å². The molecule has 0 saturated carbocycles. The predicted octanol–water partition coefficient (Wildman–Crippen LogP) is 1.08. The van der Waals surface area contributed by atoms with Crippen molar-refractivity contribution in [3.8, 4) is 11.3 Å². The average Bonchev–Trinajstić information content (AvgIpc) is 3.16. The number of hydrogen-bond donors (Lipinski definition) is 2. The molecule has 3 aromatic heterocycles. The van der Waals surface area contributed by atoms with E-state index in [0.29, 0.717) is 0 Å². The number of rotatable bonds is 2. The van der Waals surface area contributed by atoms with E-state index in [2.05, 4.69) is 29.5 Å². The van der Waals surface area contributed by atoms with Crippen molar-refractivity contribution in [2.24, 2.45) is 0 Å². The fourth-order valence-corrected chi connectivity index (χ4v) is 2.84. The minimum Gasteiger partial charge on any atom is -0.393 e. The summed E-state index contributed by atoms with van der Waals surface area (Å²) in [6.07, 6.45) is 10.5. The van der Waals surface area contributed by atoms with Crippen molar-refractivity contribution < 1.29 is 5.11 Å². The molecule has 4 heterocycles. The largest absolute Gasteiger partial charge is 0.393 e. The molecule has 0 unspecified atom stereocenters. The van der Waals surface area contributed by atoms with Crippen LogP contribution in [0, 0.1) is 0 Å². The van der Waals surface area contributed by atoms with Gasteiger partial charge < -0.3 is 10.0 Å². The zero-order chi connectivity index (χ0) is 14.2. The first-order valence-corrected chi connectivity index (χ1v) is 7.06. The molecule has 3 aromatic rings. The number of aromatic nitrogens is 5. The molecular weight excluding hydrogens is 268 g/mol. The second-order valence-electron chi connectivity index (χ2n) is 5.31. The highest BCUT2D eigenvalue weighted by Crippen LogP contribution is 2.26. The van der Waals surface area contributed by atoms with Crippen LogP contribution in [0.5, 0.6) is 0 Å². The summed E-state index contributed by atoms with van der Waals surface area (Å²) in [5.74, 6) is 1.01. The Bertz CT molecular complexity index is 742. The lowest BCUT2D eigenvalue weighted by atomic mass is 10.1. The summed E-state index contributed by atoms with van der Waals surface area (Å²) in [4.78, 5) is 11.0. The van der Waals surface area contributed by atoms with Crippen LogP contribution in [0.4, 0.5) is 5.82 Å². The standard InChI is InChI=1S/C14H16N6O/c21-11-1-3-19(4-2-11)14-9-15-8-13-16-7-12(20(13)14)10-5-17-18-6-10/h5-9,11,21H,1-4H2,(H,17,18). The van der Waals surface area contributed by atoms with Gasteiger partial charge in [-0.15, -0.1) is 0 Å². The zero-order valence-corrected chi connectivity index (χ0v) is 11.5. The van der Waals surface area contributed by atoms with Crippen LogP contribution in [-0.2, 0) is 0 Å². The predicted molar refractivity (Wildman–Crippen MR) is 78.0 cm³/mol. The lowest BCUT2D eigenvalue weighted by Gasteiger charge is -2.31. The molecule has 1 aliphatic rings. The monoisotopic (exact) mass is 284 g/mol. The van der Waals surface area contributed by atoms with E-state index in [1.165, 1.54) is 0 Å². The van der Waals surface area contributed by atoms with Crippen molar-refractivity contribution in [2.75, 3.05) is 18.0 Å². The van der Waals surface area contributed by atoms with Gasteiger partial charge in [-0.1, -0.05) is 0 Å². The highest BCUT2D eigenvalue weighted by Gasteiger charge is 2.21. The van der Waals surface area contributed by atoms with Crippen LogP contribution in [0.1, 0.15) is 12.8 Å².